The molecule has 0 aliphatic carbocycles. The molecular formula is C12H9FN4O. The first-order chi connectivity index (χ1) is 8.65. The Morgan fingerprint density at radius 1 is 1.28 bits per heavy atom. The zero-order valence-corrected chi connectivity index (χ0v) is 9.22. The fourth-order valence-corrected chi connectivity index (χ4v) is 1.82. The summed E-state index contributed by atoms with van der Waals surface area (Å²) in [6.07, 6.45) is 0. The summed E-state index contributed by atoms with van der Waals surface area (Å²) < 4.78 is 14.8. The van der Waals surface area contributed by atoms with Crippen molar-refractivity contribution in [2.45, 2.75) is 0 Å². The number of anilines is 1. The van der Waals surface area contributed by atoms with Gasteiger partial charge >= 0.3 is 0 Å². The van der Waals surface area contributed by atoms with Gasteiger partial charge in [0.15, 0.2) is 5.65 Å². The van der Waals surface area contributed by atoms with Gasteiger partial charge in [-0.25, -0.2) is 9.37 Å². The molecule has 90 valence electrons. The Morgan fingerprint density at radius 2 is 2.06 bits per heavy atom. The van der Waals surface area contributed by atoms with Gasteiger partial charge in [0.1, 0.15) is 11.6 Å². The number of halogens is 1. The second kappa shape index (κ2) is 3.69. The smallest absolute Gasteiger partial charge is 0.273 e. The predicted octanol–water partition coefficient (Wildman–Crippen LogP) is 1.41. The van der Waals surface area contributed by atoms with Gasteiger partial charge in [0.2, 0.25) is 0 Å². The first kappa shape index (κ1) is 10.5. The lowest BCUT2D eigenvalue weighted by Gasteiger charge is -2.02. The lowest BCUT2D eigenvalue weighted by atomic mass is 10.1. The molecule has 0 aliphatic rings. The summed E-state index contributed by atoms with van der Waals surface area (Å²) >= 11 is 0. The molecule has 0 fully saturated rings. The van der Waals surface area contributed by atoms with Gasteiger partial charge in [0.25, 0.3) is 5.56 Å². The highest BCUT2D eigenvalue weighted by molar-refractivity contribution is 5.63. The van der Waals surface area contributed by atoms with E-state index in [1.807, 2.05) is 0 Å². The largest absolute Gasteiger partial charge is 0.384 e. The van der Waals surface area contributed by atoms with E-state index < -0.39 is 5.82 Å². The molecule has 2 aromatic heterocycles. The maximum atomic E-state index is 13.6. The second-order valence-electron chi connectivity index (χ2n) is 3.86. The summed E-state index contributed by atoms with van der Waals surface area (Å²) in [7, 11) is 0. The van der Waals surface area contributed by atoms with Crippen molar-refractivity contribution in [2.75, 3.05) is 5.73 Å². The molecule has 1 aromatic carbocycles. The van der Waals surface area contributed by atoms with Crippen molar-refractivity contribution in [2.24, 2.45) is 0 Å². The molecule has 18 heavy (non-hydrogen) atoms. The van der Waals surface area contributed by atoms with Crippen LogP contribution in [-0.2, 0) is 0 Å². The molecule has 0 unspecified atom stereocenters. The average molecular weight is 244 g/mol. The van der Waals surface area contributed by atoms with Crippen molar-refractivity contribution in [3.05, 3.63) is 52.6 Å². The van der Waals surface area contributed by atoms with Crippen LogP contribution >= 0.6 is 0 Å². The van der Waals surface area contributed by atoms with Crippen LogP contribution in [0.25, 0.3) is 16.9 Å². The molecule has 0 saturated heterocycles. The summed E-state index contributed by atoms with van der Waals surface area (Å²) in [5, 5.41) is 2.65. The number of rotatable bonds is 1. The van der Waals surface area contributed by atoms with Crippen molar-refractivity contribution < 1.29 is 4.39 Å². The van der Waals surface area contributed by atoms with E-state index >= 15 is 0 Å². The standard InChI is InChI=1S/C12H9FN4O/c13-8-4-2-1-3-7(8)9-5-12(18)17-11(15-9)6-10(14)16-17/h1-6,16H,14H2. The number of H-pyrrole nitrogens is 1. The van der Waals surface area contributed by atoms with Gasteiger partial charge in [-0.1, -0.05) is 12.1 Å². The minimum atomic E-state index is -0.419. The van der Waals surface area contributed by atoms with E-state index in [-0.39, 0.29) is 16.8 Å². The molecule has 0 radical (unpaired) electrons. The topological polar surface area (TPSA) is 76.2 Å². The number of hydrogen-bond donors (Lipinski definition) is 2. The summed E-state index contributed by atoms with van der Waals surface area (Å²) in [6.45, 7) is 0. The number of aromatic amines is 1. The Bertz CT molecular complexity index is 790. The Kier molecular flexibility index (Phi) is 2.16. The third-order valence-electron chi connectivity index (χ3n) is 2.62. The Morgan fingerprint density at radius 3 is 2.83 bits per heavy atom. The van der Waals surface area contributed by atoms with Gasteiger partial charge in [-0.05, 0) is 12.1 Å². The van der Waals surface area contributed by atoms with Gasteiger partial charge in [0, 0.05) is 17.7 Å². The van der Waals surface area contributed by atoms with Gasteiger partial charge in [-0.2, -0.15) is 4.52 Å². The fraction of sp³-hybridized carbons (Fsp3) is 0. The maximum Gasteiger partial charge on any atom is 0.273 e. The number of nitrogens with zero attached hydrogens (tertiary/aromatic N) is 2. The summed E-state index contributed by atoms with van der Waals surface area (Å²) in [4.78, 5) is 16.0. The molecule has 6 heteroatoms. The summed E-state index contributed by atoms with van der Waals surface area (Å²) in [5.41, 5.74) is 6.15. The quantitative estimate of drug-likeness (QED) is 0.679. The fourth-order valence-electron chi connectivity index (χ4n) is 1.82. The molecule has 0 amide bonds. The number of fused-ring (bicyclic) bond motifs is 1. The molecule has 3 N–H and O–H groups in total. The van der Waals surface area contributed by atoms with Gasteiger partial charge in [0.05, 0.1) is 5.69 Å². The third-order valence-corrected chi connectivity index (χ3v) is 2.62. The molecule has 5 nitrogen and oxygen atoms in total. The number of nitrogens with one attached hydrogen (secondary N) is 1. The van der Waals surface area contributed by atoms with Crippen LogP contribution in [-0.4, -0.2) is 14.6 Å². The van der Waals surface area contributed by atoms with Crippen molar-refractivity contribution >= 4 is 11.5 Å². The van der Waals surface area contributed by atoms with Crippen molar-refractivity contribution in [1.29, 1.82) is 0 Å². The van der Waals surface area contributed by atoms with Crippen LogP contribution in [0.5, 0.6) is 0 Å². The zero-order chi connectivity index (χ0) is 12.7. The van der Waals surface area contributed by atoms with E-state index in [0.29, 0.717) is 11.5 Å². The lowest BCUT2D eigenvalue weighted by Crippen LogP contribution is -2.14. The molecular weight excluding hydrogens is 235 g/mol. The zero-order valence-electron chi connectivity index (χ0n) is 9.22. The van der Waals surface area contributed by atoms with Crippen molar-refractivity contribution in [1.82, 2.24) is 14.6 Å². The van der Waals surface area contributed by atoms with Crippen LogP contribution in [0.15, 0.2) is 41.2 Å². The number of aromatic nitrogens is 3. The van der Waals surface area contributed by atoms with E-state index in [1.54, 1.807) is 18.2 Å². The third kappa shape index (κ3) is 1.55. The number of nitrogen functional groups attached to an aromatic ring is 1. The highest BCUT2D eigenvalue weighted by Gasteiger charge is 2.09. The molecule has 3 rings (SSSR count). The van der Waals surface area contributed by atoms with Crippen LogP contribution in [0, 0.1) is 5.82 Å². The van der Waals surface area contributed by atoms with E-state index in [0.717, 1.165) is 0 Å². The number of hydrogen-bond acceptors (Lipinski definition) is 3. The van der Waals surface area contributed by atoms with E-state index in [1.165, 1.54) is 22.7 Å². The Labute approximate surface area is 101 Å². The summed E-state index contributed by atoms with van der Waals surface area (Å²) in [5.74, 6) is -0.0949. The SMILES string of the molecule is Nc1cc2nc(-c3ccccc3F)cc(=O)n2[nH]1. The van der Waals surface area contributed by atoms with Gasteiger partial charge < -0.3 is 5.73 Å². The Hall–Kier alpha value is -2.63. The monoisotopic (exact) mass is 244 g/mol. The maximum absolute atomic E-state index is 13.6. The highest BCUT2D eigenvalue weighted by Crippen LogP contribution is 2.19. The van der Waals surface area contributed by atoms with Crippen LogP contribution in [0.2, 0.25) is 0 Å². The minimum Gasteiger partial charge on any atom is -0.384 e. The lowest BCUT2D eigenvalue weighted by molar-refractivity contribution is 0.630. The first-order valence-corrected chi connectivity index (χ1v) is 5.28. The number of nitrogens with two attached hydrogens (primary N) is 1. The summed E-state index contributed by atoms with van der Waals surface area (Å²) in [6, 6.07) is 8.95. The van der Waals surface area contributed by atoms with Crippen molar-refractivity contribution in [3.63, 3.8) is 0 Å². The molecule has 0 bridgehead atoms. The molecule has 0 saturated carbocycles. The Balaban J connectivity index is 2.31. The minimum absolute atomic E-state index is 0.289. The van der Waals surface area contributed by atoms with E-state index in [2.05, 4.69) is 10.1 Å². The molecule has 3 aromatic rings. The van der Waals surface area contributed by atoms with Gasteiger partial charge in [-0.15, -0.1) is 0 Å². The van der Waals surface area contributed by atoms with E-state index in [9.17, 15) is 9.18 Å². The van der Waals surface area contributed by atoms with Crippen LogP contribution in [0.4, 0.5) is 10.2 Å². The molecule has 2 heterocycles. The first-order valence-electron chi connectivity index (χ1n) is 5.28. The van der Waals surface area contributed by atoms with E-state index in [4.69, 9.17) is 5.73 Å². The second-order valence-corrected chi connectivity index (χ2v) is 3.86. The van der Waals surface area contributed by atoms with Crippen LogP contribution in [0.3, 0.4) is 0 Å². The average Bonchev–Trinajstić information content (AvgIpc) is 2.71. The van der Waals surface area contributed by atoms with Crippen molar-refractivity contribution in [3.8, 4) is 11.3 Å². The molecule has 0 aliphatic heterocycles. The number of benzene rings is 1. The molecule has 0 atom stereocenters. The van der Waals surface area contributed by atoms with Crippen LogP contribution < -0.4 is 11.3 Å². The van der Waals surface area contributed by atoms with Crippen LogP contribution in [0.1, 0.15) is 0 Å². The predicted molar refractivity (Wildman–Crippen MR) is 65.6 cm³/mol. The van der Waals surface area contributed by atoms with Gasteiger partial charge in [-0.3, -0.25) is 9.89 Å². The normalized spacial score (nSPS) is 10.9. The molecule has 0 spiro atoms. The highest BCUT2D eigenvalue weighted by atomic mass is 19.1.